The average molecular weight is 398 g/mol. The molecule has 1 atom stereocenters. The van der Waals surface area contributed by atoms with E-state index in [1.165, 1.54) is 0 Å². The van der Waals surface area contributed by atoms with E-state index in [9.17, 15) is 4.79 Å². The smallest absolute Gasteiger partial charge is 0.251 e. The molecule has 7 heteroatoms. The summed E-state index contributed by atoms with van der Waals surface area (Å²) in [5, 5.41) is 3.08. The van der Waals surface area contributed by atoms with Gasteiger partial charge in [0.25, 0.3) is 5.91 Å². The van der Waals surface area contributed by atoms with Gasteiger partial charge in [-0.1, -0.05) is 12.1 Å². The van der Waals surface area contributed by atoms with E-state index in [1.807, 2.05) is 12.1 Å². The molecule has 154 valence electrons. The van der Waals surface area contributed by atoms with Crippen LogP contribution in [0.1, 0.15) is 22.0 Å². The first kappa shape index (κ1) is 19.5. The van der Waals surface area contributed by atoms with Crippen molar-refractivity contribution in [3.8, 4) is 17.2 Å². The maximum Gasteiger partial charge on any atom is 0.251 e. The number of hydrogen-bond acceptors (Lipinski definition) is 6. The molecule has 7 nitrogen and oxygen atoms in total. The summed E-state index contributed by atoms with van der Waals surface area (Å²) in [6.45, 7) is 4.58. The lowest BCUT2D eigenvalue weighted by Gasteiger charge is -2.35. The normalized spacial score (nSPS) is 17.4. The molecule has 2 aromatic rings. The number of methoxy groups -OCH3 is 1. The molecule has 4 rings (SSSR count). The second kappa shape index (κ2) is 9.15. The van der Waals surface area contributed by atoms with Crippen molar-refractivity contribution in [3.63, 3.8) is 0 Å². The van der Waals surface area contributed by atoms with Gasteiger partial charge in [0.15, 0.2) is 11.5 Å². The Bertz CT molecular complexity index is 834. The van der Waals surface area contributed by atoms with Gasteiger partial charge in [-0.15, -0.1) is 0 Å². The average Bonchev–Trinajstić information content (AvgIpc) is 2.80. The Morgan fingerprint density at radius 1 is 1.03 bits per heavy atom. The van der Waals surface area contributed by atoms with E-state index in [-0.39, 0.29) is 11.9 Å². The molecule has 0 saturated carbocycles. The molecular formula is C22H26N2O5. The Morgan fingerprint density at radius 3 is 2.48 bits per heavy atom. The SMILES string of the molecule is COc1ccc([C@@H](CNC(=O)c2ccc3c(c2)OCCO3)N2CCOCC2)cc1. The van der Waals surface area contributed by atoms with E-state index < -0.39 is 0 Å². The zero-order valence-electron chi connectivity index (χ0n) is 16.6. The van der Waals surface area contributed by atoms with Crippen molar-refractivity contribution in [2.75, 3.05) is 53.2 Å². The summed E-state index contributed by atoms with van der Waals surface area (Å²) in [5.41, 5.74) is 1.69. The predicted molar refractivity (Wildman–Crippen MR) is 108 cm³/mol. The van der Waals surface area contributed by atoms with Crippen LogP contribution < -0.4 is 19.5 Å². The van der Waals surface area contributed by atoms with E-state index in [0.29, 0.717) is 50.0 Å². The van der Waals surface area contributed by atoms with E-state index in [0.717, 1.165) is 24.4 Å². The molecular weight excluding hydrogens is 372 g/mol. The van der Waals surface area contributed by atoms with E-state index in [4.69, 9.17) is 18.9 Å². The van der Waals surface area contributed by atoms with Crippen molar-refractivity contribution in [3.05, 3.63) is 53.6 Å². The number of morpholine rings is 1. The van der Waals surface area contributed by atoms with Gasteiger partial charge in [-0.25, -0.2) is 0 Å². The van der Waals surface area contributed by atoms with Gasteiger partial charge in [-0.05, 0) is 35.9 Å². The number of carbonyl (C=O) groups is 1. The molecule has 1 N–H and O–H groups in total. The van der Waals surface area contributed by atoms with Crippen LogP contribution in [0, 0.1) is 0 Å². The molecule has 0 aromatic heterocycles. The number of nitrogens with zero attached hydrogens (tertiary/aromatic N) is 1. The Labute approximate surface area is 170 Å². The Balaban J connectivity index is 1.47. The minimum Gasteiger partial charge on any atom is -0.497 e. The van der Waals surface area contributed by atoms with Gasteiger partial charge in [-0.2, -0.15) is 0 Å². The van der Waals surface area contributed by atoms with Crippen LogP contribution in [0.5, 0.6) is 17.2 Å². The van der Waals surface area contributed by atoms with E-state index >= 15 is 0 Å². The lowest BCUT2D eigenvalue weighted by atomic mass is 10.0. The summed E-state index contributed by atoms with van der Waals surface area (Å²) in [6, 6.07) is 13.3. The molecule has 2 aromatic carbocycles. The molecule has 2 heterocycles. The highest BCUT2D eigenvalue weighted by atomic mass is 16.6. The van der Waals surface area contributed by atoms with E-state index in [2.05, 4.69) is 22.3 Å². The summed E-state index contributed by atoms with van der Waals surface area (Å²) < 4.78 is 21.9. The summed E-state index contributed by atoms with van der Waals surface area (Å²) in [4.78, 5) is 15.1. The molecule has 1 saturated heterocycles. The van der Waals surface area contributed by atoms with Crippen LogP contribution >= 0.6 is 0 Å². The minimum atomic E-state index is -0.131. The number of benzene rings is 2. The van der Waals surface area contributed by atoms with Crippen molar-refractivity contribution < 1.29 is 23.7 Å². The number of rotatable bonds is 6. The fourth-order valence-electron chi connectivity index (χ4n) is 3.65. The maximum atomic E-state index is 12.8. The van der Waals surface area contributed by atoms with Crippen LogP contribution in [0.2, 0.25) is 0 Å². The largest absolute Gasteiger partial charge is 0.497 e. The highest BCUT2D eigenvalue weighted by molar-refractivity contribution is 5.94. The first-order valence-corrected chi connectivity index (χ1v) is 9.88. The fraction of sp³-hybridized carbons (Fsp3) is 0.409. The van der Waals surface area contributed by atoms with Gasteiger partial charge < -0.3 is 24.3 Å². The number of hydrogen-bond donors (Lipinski definition) is 1. The molecule has 1 amide bonds. The third-order valence-corrected chi connectivity index (χ3v) is 5.25. The van der Waals surface area contributed by atoms with Gasteiger partial charge in [0.2, 0.25) is 0 Å². The van der Waals surface area contributed by atoms with Crippen LogP contribution in [0.3, 0.4) is 0 Å². The number of fused-ring (bicyclic) bond motifs is 1. The highest BCUT2D eigenvalue weighted by Gasteiger charge is 2.24. The van der Waals surface area contributed by atoms with Crippen LogP contribution in [0.15, 0.2) is 42.5 Å². The maximum absolute atomic E-state index is 12.8. The molecule has 0 bridgehead atoms. The van der Waals surface area contributed by atoms with Gasteiger partial charge in [0, 0.05) is 25.2 Å². The molecule has 0 spiro atoms. The summed E-state index contributed by atoms with van der Waals surface area (Å²) in [6.07, 6.45) is 0. The third-order valence-electron chi connectivity index (χ3n) is 5.25. The predicted octanol–water partition coefficient (Wildman–Crippen LogP) is 2.27. The van der Waals surface area contributed by atoms with Gasteiger partial charge in [0.05, 0.1) is 26.4 Å². The summed E-state index contributed by atoms with van der Waals surface area (Å²) in [5.74, 6) is 1.98. The second-order valence-electron chi connectivity index (χ2n) is 7.01. The summed E-state index contributed by atoms with van der Waals surface area (Å²) >= 11 is 0. The van der Waals surface area contributed by atoms with Crippen LogP contribution in [0.25, 0.3) is 0 Å². The van der Waals surface area contributed by atoms with Gasteiger partial charge in [-0.3, -0.25) is 9.69 Å². The minimum absolute atomic E-state index is 0.0611. The molecule has 0 aliphatic carbocycles. The lowest BCUT2D eigenvalue weighted by Crippen LogP contribution is -2.43. The van der Waals surface area contributed by atoms with Crippen molar-refractivity contribution in [2.24, 2.45) is 0 Å². The number of nitrogens with one attached hydrogen (secondary N) is 1. The van der Waals surface area contributed by atoms with Crippen LogP contribution in [0.4, 0.5) is 0 Å². The van der Waals surface area contributed by atoms with Crippen molar-refractivity contribution in [1.29, 1.82) is 0 Å². The van der Waals surface area contributed by atoms with E-state index in [1.54, 1.807) is 25.3 Å². The number of ether oxygens (including phenoxy) is 4. The van der Waals surface area contributed by atoms with Crippen molar-refractivity contribution >= 4 is 5.91 Å². The number of amides is 1. The Hall–Kier alpha value is -2.77. The molecule has 1 fully saturated rings. The van der Waals surface area contributed by atoms with Crippen molar-refractivity contribution in [2.45, 2.75) is 6.04 Å². The highest BCUT2D eigenvalue weighted by Crippen LogP contribution is 2.31. The van der Waals surface area contributed by atoms with Gasteiger partial charge in [0.1, 0.15) is 19.0 Å². The first-order chi connectivity index (χ1) is 14.2. The molecule has 2 aliphatic heterocycles. The van der Waals surface area contributed by atoms with Gasteiger partial charge >= 0.3 is 0 Å². The van der Waals surface area contributed by atoms with Crippen LogP contribution in [-0.2, 0) is 4.74 Å². The fourth-order valence-corrected chi connectivity index (χ4v) is 3.65. The first-order valence-electron chi connectivity index (χ1n) is 9.88. The number of carbonyl (C=O) groups excluding carboxylic acids is 1. The monoisotopic (exact) mass is 398 g/mol. The Kier molecular flexibility index (Phi) is 6.17. The quantitative estimate of drug-likeness (QED) is 0.805. The standard InChI is InChI=1S/C22H26N2O5/c1-26-18-5-2-16(3-6-18)19(24-8-10-27-11-9-24)15-23-22(25)17-4-7-20-21(14-17)29-13-12-28-20/h2-7,14,19H,8-13,15H2,1H3,(H,23,25)/t19-/m1/s1. The molecule has 2 aliphatic rings. The zero-order valence-corrected chi connectivity index (χ0v) is 16.6. The second-order valence-corrected chi connectivity index (χ2v) is 7.01. The lowest BCUT2D eigenvalue weighted by molar-refractivity contribution is 0.0162. The van der Waals surface area contributed by atoms with Crippen LogP contribution in [-0.4, -0.2) is 64.0 Å². The molecule has 29 heavy (non-hydrogen) atoms. The topological polar surface area (TPSA) is 69.3 Å². The van der Waals surface area contributed by atoms with Crippen molar-refractivity contribution in [1.82, 2.24) is 10.2 Å². The molecule has 0 radical (unpaired) electrons. The zero-order chi connectivity index (χ0) is 20.1. The Morgan fingerprint density at radius 2 is 1.76 bits per heavy atom. The molecule has 0 unspecified atom stereocenters. The summed E-state index contributed by atoms with van der Waals surface area (Å²) in [7, 11) is 1.65. The third kappa shape index (κ3) is 4.63.